The van der Waals surface area contributed by atoms with Crippen LogP contribution in [0.3, 0.4) is 0 Å². The number of nitrogens with one attached hydrogen (secondary N) is 1. The number of hydrogen-bond donors (Lipinski definition) is 1. The molecule has 0 aliphatic rings. The molecular weight excluding hydrogens is 485 g/mol. The molecule has 3 aromatic rings. The van der Waals surface area contributed by atoms with Crippen LogP contribution in [0.25, 0.3) is 5.65 Å². The van der Waals surface area contributed by atoms with Gasteiger partial charge in [0.25, 0.3) is 0 Å². The molecule has 24 heavy (non-hydrogen) atoms. The van der Waals surface area contributed by atoms with Crippen molar-refractivity contribution in [2.45, 2.75) is 0 Å². The Bertz CT molecular complexity index is 960. The van der Waals surface area contributed by atoms with E-state index < -0.39 is 5.97 Å². The average Bonchev–Trinajstić information content (AvgIpc) is 2.92. The quantitative estimate of drug-likeness (QED) is 0.476. The normalized spacial score (nSPS) is 10.9. The van der Waals surface area contributed by atoms with Crippen LogP contribution < -0.4 is 5.32 Å². The Balaban J connectivity index is 2.20. The lowest BCUT2D eigenvalue weighted by Crippen LogP contribution is -2.08. The molecule has 1 N–H and O–H groups in total. The first-order valence-electron chi connectivity index (χ1n) is 6.58. The fourth-order valence-corrected chi connectivity index (χ4v) is 3.57. The zero-order valence-electron chi connectivity index (χ0n) is 12.1. The molecule has 1 aromatic carbocycles. The molecule has 0 aliphatic heterocycles. The number of carbonyl (C=O) groups is 1. The van der Waals surface area contributed by atoms with E-state index >= 15 is 0 Å². The van der Waals surface area contributed by atoms with Crippen molar-refractivity contribution in [3.05, 3.63) is 55.3 Å². The van der Waals surface area contributed by atoms with Gasteiger partial charge in [0, 0.05) is 16.9 Å². The first kappa shape index (κ1) is 17.5. The van der Waals surface area contributed by atoms with Crippen molar-refractivity contribution in [1.29, 1.82) is 0 Å². The maximum Gasteiger partial charge on any atom is 0.341 e. The summed E-state index contributed by atoms with van der Waals surface area (Å²) in [6.45, 7) is 0. The summed E-state index contributed by atoms with van der Waals surface area (Å²) in [5.74, 6) is -0.528. The lowest BCUT2D eigenvalue weighted by molar-refractivity contribution is 0.0601. The van der Waals surface area contributed by atoms with Gasteiger partial charge < -0.3 is 14.5 Å². The van der Waals surface area contributed by atoms with E-state index in [1.165, 1.54) is 7.11 Å². The molecule has 0 saturated heterocycles. The number of fused-ring (bicyclic) bond motifs is 1. The number of rotatable bonds is 3. The highest BCUT2D eigenvalue weighted by molar-refractivity contribution is 9.10. The minimum absolute atomic E-state index is 0.263. The second-order valence-corrected chi connectivity index (χ2v) is 7.28. The fraction of sp³-hybridized carbons (Fsp3) is 0.0667. The topological polar surface area (TPSA) is 55.6 Å². The van der Waals surface area contributed by atoms with E-state index in [-0.39, 0.29) is 10.6 Å². The molecule has 0 unspecified atom stereocenters. The van der Waals surface area contributed by atoms with Crippen LogP contribution in [0.2, 0.25) is 10.0 Å². The maximum absolute atomic E-state index is 12.2. The molecule has 0 saturated carbocycles. The summed E-state index contributed by atoms with van der Waals surface area (Å²) >= 11 is 19.4. The van der Waals surface area contributed by atoms with Crippen LogP contribution in [0, 0.1) is 0 Å². The molecule has 2 aromatic heterocycles. The van der Waals surface area contributed by atoms with E-state index in [9.17, 15) is 4.79 Å². The predicted molar refractivity (Wildman–Crippen MR) is 102 cm³/mol. The summed E-state index contributed by atoms with van der Waals surface area (Å²) in [5, 5.41) is 3.85. The molecule has 9 heteroatoms. The third kappa shape index (κ3) is 3.26. The van der Waals surface area contributed by atoms with E-state index in [1.807, 2.05) is 6.07 Å². The highest BCUT2D eigenvalue weighted by atomic mass is 79.9. The van der Waals surface area contributed by atoms with Crippen molar-refractivity contribution in [3.8, 4) is 0 Å². The number of ether oxygens (including phenoxy) is 1. The van der Waals surface area contributed by atoms with Crippen LogP contribution in [0.4, 0.5) is 11.4 Å². The monoisotopic (exact) mass is 491 g/mol. The number of carbonyl (C=O) groups excluding carboxylic acids is 1. The van der Waals surface area contributed by atoms with Gasteiger partial charge in [0.05, 0.1) is 23.5 Å². The fourth-order valence-electron chi connectivity index (χ4n) is 2.17. The van der Waals surface area contributed by atoms with E-state index in [0.29, 0.717) is 26.6 Å². The Labute approximate surface area is 164 Å². The molecule has 0 atom stereocenters. The third-order valence-corrected chi connectivity index (χ3v) is 4.80. The molecule has 2 heterocycles. The summed E-state index contributed by atoms with van der Waals surface area (Å²) < 4.78 is 7.93. The van der Waals surface area contributed by atoms with E-state index in [1.54, 1.807) is 28.9 Å². The van der Waals surface area contributed by atoms with Crippen LogP contribution in [0.1, 0.15) is 10.4 Å². The van der Waals surface area contributed by atoms with Gasteiger partial charge >= 0.3 is 5.97 Å². The van der Waals surface area contributed by atoms with Crippen LogP contribution in [0.5, 0.6) is 0 Å². The smallest absolute Gasteiger partial charge is 0.341 e. The molecule has 0 radical (unpaired) electrons. The van der Waals surface area contributed by atoms with Crippen molar-refractivity contribution in [1.82, 2.24) is 9.38 Å². The highest BCUT2D eigenvalue weighted by Gasteiger charge is 2.21. The van der Waals surface area contributed by atoms with Crippen LogP contribution in [-0.4, -0.2) is 22.5 Å². The number of hydrogen-bond acceptors (Lipinski definition) is 4. The van der Waals surface area contributed by atoms with Crippen LogP contribution in [0.15, 0.2) is 39.7 Å². The standard InChI is InChI=1S/C15H9Br2Cl2N3O2/c1-24-15(23)8-5-22-6-11(17)21-14(22)12(19)13(8)20-10-3-2-7(16)4-9(10)18/h2-6,20H,1H3. The zero-order chi connectivity index (χ0) is 17.4. The maximum atomic E-state index is 12.2. The first-order chi connectivity index (χ1) is 11.4. The Morgan fingerprint density at radius 1 is 1.29 bits per heavy atom. The van der Waals surface area contributed by atoms with Crippen molar-refractivity contribution < 1.29 is 9.53 Å². The van der Waals surface area contributed by atoms with Gasteiger partial charge in [-0.3, -0.25) is 0 Å². The molecule has 0 fully saturated rings. The minimum atomic E-state index is -0.528. The van der Waals surface area contributed by atoms with Crippen LogP contribution >= 0.6 is 55.1 Å². The molecule has 124 valence electrons. The summed E-state index contributed by atoms with van der Waals surface area (Å²) in [7, 11) is 1.31. The van der Waals surface area contributed by atoms with Crippen molar-refractivity contribution >= 4 is 78.1 Å². The van der Waals surface area contributed by atoms with Gasteiger partial charge in [-0.2, -0.15) is 0 Å². The van der Waals surface area contributed by atoms with Gasteiger partial charge in [0.2, 0.25) is 0 Å². The van der Waals surface area contributed by atoms with Gasteiger partial charge in [0.1, 0.15) is 15.2 Å². The lowest BCUT2D eigenvalue weighted by atomic mass is 10.2. The number of pyridine rings is 1. The largest absolute Gasteiger partial charge is 0.465 e. The van der Waals surface area contributed by atoms with Crippen molar-refractivity contribution in [2.24, 2.45) is 0 Å². The molecule has 0 aliphatic carbocycles. The van der Waals surface area contributed by atoms with Gasteiger partial charge in [-0.05, 0) is 34.1 Å². The Hall–Kier alpha value is -1.28. The number of methoxy groups -OCH3 is 1. The van der Waals surface area contributed by atoms with Crippen LogP contribution in [-0.2, 0) is 4.74 Å². The predicted octanol–water partition coefficient (Wildman–Crippen LogP) is 5.70. The highest BCUT2D eigenvalue weighted by Crippen LogP contribution is 2.36. The number of imidazole rings is 1. The Morgan fingerprint density at radius 3 is 2.71 bits per heavy atom. The number of aromatic nitrogens is 2. The summed E-state index contributed by atoms with van der Waals surface area (Å²) in [6.07, 6.45) is 3.30. The molecule has 0 bridgehead atoms. The van der Waals surface area contributed by atoms with E-state index in [0.717, 1.165) is 4.47 Å². The molecular formula is C15H9Br2Cl2N3O2. The number of benzene rings is 1. The Morgan fingerprint density at radius 2 is 2.04 bits per heavy atom. The van der Waals surface area contributed by atoms with Crippen molar-refractivity contribution in [2.75, 3.05) is 12.4 Å². The van der Waals surface area contributed by atoms with Gasteiger partial charge in [-0.25, -0.2) is 9.78 Å². The number of esters is 1. The molecule has 0 spiro atoms. The Kier molecular flexibility index (Phi) is 5.05. The van der Waals surface area contributed by atoms with Gasteiger partial charge in [-0.1, -0.05) is 39.1 Å². The second-order valence-electron chi connectivity index (χ2n) is 4.77. The zero-order valence-corrected chi connectivity index (χ0v) is 16.8. The van der Waals surface area contributed by atoms with E-state index in [2.05, 4.69) is 42.2 Å². The van der Waals surface area contributed by atoms with Gasteiger partial charge in [0.15, 0.2) is 5.65 Å². The average molecular weight is 494 g/mol. The van der Waals surface area contributed by atoms with Crippen molar-refractivity contribution in [3.63, 3.8) is 0 Å². The molecule has 3 rings (SSSR count). The van der Waals surface area contributed by atoms with Gasteiger partial charge in [-0.15, -0.1) is 0 Å². The summed E-state index contributed by atoms with van der Waals surface area (Å²) in [4.78, 5) is 16.5. The first-order valence-corrected chi connectivity index (χ1v) is 8.92. The number of halogens is 4. The minimum Gasteiger partial charge on any atom is -0.465 e. The summed E-state index contributed by atoms with van der Waals surface area (Å²) in [6, 6.07) is 5.33. The SMILES string of the molecule is COC(=O)c1cn2cc(Br)nc2c(Cl)c1Nc1ccc(Br)cc1Cl. The number of nitrogens with zero attached hydrogens (tertiary/aromatic N) is 2. The summed E-state index contributed by atoms with van der Waals surface area (Å²) in [5.41, 5.74) is 1.73. The third-order valence-electron chi connectivity index (χ3n) is 3.25. The number of anilines is 2. The molecule has 0 amide bonds. The molecule has 5 nitrogen and oxygen atoms in total. The van der Waals surface area contributed by atoms with E-state index in [4.69, 9.17) is 27.9 Å². The second kappa shape index (κ2) is 6.92. The lowest BCUT2D eigenvalue weighted by Gasteiger charge is -2.15.